The maximum atomic E-state index is 13.1. The van der Waals surface area contributed by atoms with Crippen molar-refractivity contribution in [3.63, 3.8) is 0 Å². The molecule has 2 aromatic carbocycles. The molecule has 3 rings (SSSR count). The average Bonchev–Trinajstić information content (AvgIpc) is 2.68. The maximum absolute atomic E-state index is 13.1. The smallest absolute Gasteiger partial charge is 0.207 e. The normalized spacial score (nSPS) is 19.6. The van der Waals surface area contributed by atoms with Gasteiger partial charge < -0.3 is 0 Å². The molecule has 0 spiro atoms. The van der Waals surface area contributed by atoms with Crippen molar-refractivity contribution in [3.05, 3.63) is 59.7 Å². The third kappa shape index (κ3) is 4.00. The first-order chi connectivity index (χ1) is 13.2. The predicted octanol–water partition coefficient (Wildman–Crippen LogP) is 2.78. The molecule has 0 aromatic heterocycles. The van der Waals surface area contributed by atoms with Gasteiger partial charge in [-0.3, -0.25) is 0 Å². The number of sulfonamides is 2. The quantitative estimate of drug-likeness (QED) is 0.743. The van der Waals surface area contributed by atoms with Crippen LogP contribution in [-0.2, 0) is 20.0 Å². The van der Waals surface area contributed by atoms with E-state index in [1.54, 1.807) is 48.5 Å². The molecule has 0 unspecified atom stereocenters. The van der Waals surface area contributed by atoms with Crippen LogP contribution in [0.15, 0.2) is 58.3 Å². The molecule has 1 atom stereocenters. The summed E-state index contributed by atoms with van der Waals surface area (Å²) in [7, 11) is -7.32. The number of hydrogen-bond acceptors (Lipinski definition) is 4. The van der Waals surface area contributed by atoms with Crippen molar-refractivity contribution in [1.82, 2.24) is 8.61 Å². The fourth-order valence-corrected chi connectivity index (χ4v) is 6.53. The summed E-state index contributed by atoms with van der Waals surface area (Å²) in [5.41, 5.74) is 1.97. The van der Waals surface area contributed by atoms with Crippen molar-refractivity contribution in [3.8, 4) is 0 Å². The first-order valence-corrected chi connectivity index (χ1v) is 12.2. The van der Waals surface area contributed by atoms with E-state index in [-0.39, 0.29) is 29.4 Å². The zero-order chi connectivity index (χ0) is 20.5. The van der Waals surface area contributed by atoms with Crippen LogP contribution in [0, 0.1) is 13.8 Å². The first kappa shape index (κ1) is 21.0. The van der Waals surface area contributed by atoms with Crippen LogP contribution in [0.4, 0.5) is 0 Å². The molecule has 0 radical (unpaired) electrons. The molecule has 1 aliphatic heterocycles. The van der Waals surface area contributed by atoms with E-state index in [1.807, 2.05) is 20.8 Å². The second-order valence-corrected chi connectivity index (χ2v) is 11.0. The zero-order valence-electron chi connectivity index (χ0n) is 16.4. The molecule has 152 valence electrons. The van der Waals surface area contributed by atoms with Gasteiger partial charge >= 0.3 is 0 Å². The lowest BCUT2D eigenvalue weighted by molar-refractivity contribution is 0.196. The monoisotopic (exact) mass is 422 g/mol. The summed E-state index contributed by atoms with van der Waals surface area (Å²) in [5.74, 6) is 0. The maximum Gasteiger partial charge on any atom is 0.243 e. The molecule has 1 fully saturated rings. The molecule has 0 saturated carbocycles. The van der Waals surface area contributed by atoms with Crippen molar-refractivity contribution in [2.24, 2.45) is 0 Å². The van der Waals surface area contributed by atoms with Crippen LogP contribution >= 0.6 is 0 Å². The van der Waals surface area contributed by atoms with E-state index < -0.39 is 26.1 Å². The minimum Gasteiger partial charge on any atom is -0.207 e. The lowest BCUT2D eigenvalue weighted by Crippen LogP contribution is -2.56. The second kappa shape index (κ2) is 7.94. The molecular formula is C20H26N2O4S2. The van der Waals surface area contributed by atoms with Gasteiger partial charge in [-0.2, -0.15) is 8.61 Å². The SMILES string of the molecule is CC[C@@H]1CN(S(=O)(=O)c2ccc(C)cc2)CCN1S(=O)(=O)c1ccc(C)cc1. The Kier molecular flexibility index (Phi) is 5.95. The number of aryl methyl sites for hydroxylation is 2. The Balaban J connectivity index is 1.85. The van der Waals surface area contributed by atoms with Crippen LogP contribution in [0.3, 0.4) is 0 Å². The standard InChI is InChI=1S/C20H26N2O4S2/c1-4-18-15-21(27(23,24)19-9-5-16(2)6-10-19)13-14-22(18)28(25,26)20-11-7-17(3)8-12-20/h5-12,18H,4,13-15H2,1-3H3/t18-/m1/s1. The van der Waals surface area contributed by atoms with Gasteiger partial charge in [-0.1, -0.05) is 42.3 Å². The Morgan fingerprint density at radius 3 is 1.71 bits per heavy atom. The van der Waals surface area contributed by atoms with Crippen LogP contribution in [0.25, 0.3) is 0 Å². The molecule has 28 heavy (non-hydrogen) atoms. The molecule has 1 heterocycles. The summed E-state index contributed by atoms with van der Waals surface area (Å²) in [6.45, 7) is 6.11. The van der Waals surface area contributed by atoms with Gasteiger partial charge in [0, 0.05) is 25.7 Å². The van der Waals surface area contributed by atoms with Crippen LogP contribution in [-0.4, -0.2) is 51.1 Å². The van der Waals surface area contributed by atoms with Crippen molar-refractivity contribution >= 4 is 20.0 Å². The molecule has 2 aromatic rings. The summed E-state index contributed by atoms with van der Waals surface area (Å²) in [6, 6.07) is 13.1. The first-order valence-electron chi connectivity index (χ1n) is 9.31. The van der Waals surface area contributed by atoms with Gasteiger partial charge in [0.05, 0.1) is 9.79 Å². The Hall–Kier alpha value is -1.74. The molecule has 1 saturated heterocycles. The van der Waals surface area contributed by atoms with E-state index in [1.165, 1.54) is 8.61 Å². The highest BCUT2D eigenvalue weighted by molar-refractivity contribution is 7.89. The zero-order valence-corrected chi connectivity index (χ0v) is 18.0. The molecule has 0 bridgehead atoms. The van der Waals surface area contributed by atoms with Crippen molar-refractivity contribution < 1.29 is 16.8 Å². The van der Waals surface area contributed by atoms with Gasteiger partial charge in [-0.15, -0.1) is 0 Å². The summed E-state index contributed by atoms with van der Waals surface area (Å²) >= 11 is 0. The Morgan fingerprint density at radius 2 is 1.25 bits per heavy atom. The van der Waals surface area contributed by atoms with E-state index in [9.17, 15) is 16.8 Å². The van der Waals surface area contributed by atoms with E-state index in [2.05, 4.69) is 0 Å². The van der Waals surface area contributed by atoms with Gasteiger partial charge in [-0.25, -0.2) is 16.8 Å². The number of piperazine rings is 1. The molecule has 6 nitrogen and oxygen atoms in total. The second-order valence-electron chi connectivity index (χ2n) is 7.17. The molecule has 0 aliphatic carbocycles. The van der Waals surface area contributed by atoms with E-state index in [0.717, 1.165) is 11.1 Å². The van der Waals surface area contributed by atoms with Gasteiger partial charge in [0.2, 0.25) is 20.0 Å². The van der Waals surface area contributed by atoms with Crippen LogP contribution in [0.1, 0.15) is 24.5 Å². The summed E-state index contributed by atoms with van der Waals surface area (Å²) in [6.07, 6.45) is 0.533. The minimum absolute atomic E-state index is 0.137. The Bertz CT molecular complexity index is 1030. The van der Waals surface area contributed by atoms with E-state index in [0.29, 0.717) is 6.42 Å². The molecular weight excluding hydrogens is 396 g/mol. The van der Waals surface area contributed by atoms with Crippen LogP contribution in [0.2, 0.25) is 0 Å². The highest BCUT2D eigenvalue weighted by Gasteiger charge is 2.39. The van der Waals surface area contributed by atoms with Crippen LogP contribution in [0.5, 0.6) is 0 Å². The summed E-state index contributed by atoms with van der Waals surface area (Å²) < 4.78 is 55.0. The number of nitrogens with zero attached hydrogens (tertiary/aromatic N) is 2. The van der Waals surface area contributed by atoms with Gasteiger partial charge in [0.15, 0.2) is 0 Å². The Morgan fingerprint density at radius 1 is 0.786 bits per heavy atom. The summed E-state index contributed by atoms with van der Waals surface area (Å²) in [5, 5.41) is 0. The fourth-order valence-electron chi connectivity index (χ4n) is 3.38. The van der Waals surface area contributed by atoms with Gasteiger partial charge in [0.25, 0.3) is 0 Å². The lowest BCUT2D eigenvalue weighted by atomic mass is 10.2. The number of rotatable bonds is 5. The van der Waals surface area contributed by atoms with Gasteiger partial charge in [0.1, 0.15) is 0 Å². The van der Waals surface area contributed by atoms with Crippen molar-refractivity contribution in [2.45, 2.75) is 43.0 Å². The highest BCUT2D eigenvalue weighted by atomic mass is 32.2. The molecule has 8 heteroatoms. The number of hydrogen-bond donors (Lipinski definition) is 0. The van der Waals surface area contributed by atoms with Gasteiger partial charge in [-0.05, 0) is 44.5 Å². The largest absolute Gasteiger partial charge is 0.243 e. The third-order valence-electron chi connectivity index (χ3n) is 5.15. The third-order valence-corrected chi connectivity index (χ3v) is 8.99. The topological polar surface area (TPSA) is 74.8 Å². The molecule has 0 amide bonds. The lowest BCUT2D eigenvalue weighted by Gasteiger charge is -2.39. The van der Waals surface area contributed by atoms with E-state index >= 15 is 0 Å². The van der Waals surface area contributed by atoms with Crippen molar-refractivity contribution in [2.75, 3.05) is 19.6 Å². The predicted molar refractivity (Wildman–Crippen MR) is 109 cm³/mol. The van der Waals surface area contributed by atoms with E-state index in [4.69, 9.17) is 0 Å². The number of benzene rings is 2. The molecule has 0 N–H and O–H groups in total. The van der Waals surface area contributed by atoms with Crippen molar-refractivity contribution in [1.29, 1.82) is 0 Å². The van der Waals surface area contributed by atoms with Crippen LogP contribution < -0.4 is 0 Å². The fraction of sp³-hybridized carbons (Fsp3) is 0.400. The average molecular weight is 423 g/mol. The molecule has 1 aliphatic rings. The Labute approximate surface area is 167 Å². The summed E-state index contributed by atoms with van der Waals surface area (Å²) in [4.78, 5) is 0.481. The minimum atomic E-state index is -3.67. The highest BCUT2D eigenvalue weighted by Crippen LogP contribution is 2.26.